The fraction of sp³-hybridized carbons (Fsp3) is 0.231. The summed E-state index contributed by atoms with van der Waals surface area (Å²) in [4.78, 5) is 0. The summed E-state index contributed by atoms with van der Waals surface area (Å²) < 4.78 is 0. The van der Waals surface area contributed by atoms with Gasteiger partial charge in [-0.05, 0) is 31.9 Å². The summed E-state index contributed by atoms with van der Waals surface area (Å²) in [6.07, 6.45) is 1.44. The Balaban J connectivity index is 3.05. The van der Waals surface area contributed by atoms with Crippen molar-refractivity contribution in [3.8, 4) is 12.1 Å². The number of nitrogens with zero attached hydrogens (tertiary/aromatic N) is 2. The molecule has 0 saturated heterocycles. The first-order chi connectivity index (χ1) is 7.58. The van der Waals surface area contributed by atoms with Gasteiger partial charge in [-0.2, -0.15) is 10.5 Å². The fourth-order valence-electron chi connectivity index (χ4n) is 1.64. The molecule has 0 saturated carbocycles. The van der Waals surface area contributed by atoms with Crippen molar-refractivity contribution in [3.63, 3.8) is 0 Å². The SMILES string of the molecule is Cc1cc(C)c(NC=C(C#N)C#N)c(C)c1. The summed E-state index contributed by atoms with van der Waals surface area (Å²) in [5.41, 5.74) is 4.42. The Bertz CT molecular complexity index is 474. The van der Waals surface area contributed by atoms with Crippen molar-refractivity contribution in [1.82, 2.24) is 0 Å². The molecule has 0 radical (unpaired) electrons. The van der Waals surface area contributed by atoms with E-state index < -0.39 is 0 Å². The molecule has 0 aromatic heterocycles. The van der Waals surface area contributed by atoms with Crippen molar-refractivity contribution < 1.29 is 0 Å². The van der Waals surface area contributed by atoms with Gasteiger partial charge in [-0.25, -0.2) is 0 Å². The third-order valence-electron chi connectivity index (χ3n) is 2.28. The summed E-state index contributed by atoms with van der Waals surface area (Å²) >= 11 is 0. The topological polar surface area (TPSA) is 59.6 Å². The number of anilines is 1. The van der Waals surface area contributed by atoms with Crippen LogP contribution in [0.4, 0.5) is 5.69 Å². The van der Waals surface area contributed by atoms with Crippen molar-refractivity contribution >= 4 is 5.69 Å². The van der Waals surface area contributed by atoms with E-state index >= 15 is 0 Å². The predicted octanol–water partition coefficient (Wildman–Crippen LogP) is 2.95. The van der Waals surface area contributed by atoms with Crippen LogP contribution in [0.1, 0.15) is 16.7 Å². The molecule has 0 unspecified atom stereocenters. The monoisotopic (exact) mass is 211 g/mol. The molecule has 0 spiro atoms. The van der Waals surface area contributed by atoms with Gasteiger partial charge < -0.3 is 5.32 Å². The summed E-state index contributed by atoms with van der Waals surface area (Å²) in [6.45, 7) is 6.03. The molecule has 16 heavy (non-hydrogen) atoms. The fourth-order valence-corrected chi connectivity index (χ4v) is 1.64. The highest BCUT2D eigenvalue weighted by Gasteiger charge is 2.02. The van der Waals surface area contributed by atoms with E-state index in [1.165, 1.54) is 11.8 Å². The second-order valence-electron chi connectivity index (χ2n) is 3.70. The lowest BCUT2D eigenvalue weighted by molar-refractivity contribution is 1.30. The quantitative estimate of drug-likeness (QED) is 0.765. The second kappa shape index (κ2) is 5.00. The highest BCUT2D eigenvalue weighted by Crippen LogP contribution is 2.21. The summed E-state index contributed by atoms with van der Waals surface area (Å²) in [6, 6.07) is 7.73. The minimum Gasteiger partial charge on any atom is -0.359 e. The Labute approximate surface area is 95.6 Å². The van der Waals surface area contributed by atoms with E-state index in [0.717, 1.165) is 16.8 Å². The van der Waals surface area contributed by atoms with Crippen LogP contribution in [-0.4, -0.2) is 0 Å². The van der Waals surface area contributed by atoms with E-state index in [1.54, 1.807) is 0 Å². The molecule has 0 heterocycles. The predicted molar refractivity (Wildman–Crippen MR) is 63.6 cm³/mol. The third-order valence-corrected chi connectivity index (χ3v) is 2.28. The summed E-state index contributed by atoms with van der Waals surface area (Å²) in [5, 5.41) is 20.2. The molecule has 1 aromatic rings. The Hall–Kier alpha value is -2.26. The number of aryl methyl sites for hydroxylation is 3. The first-order valence-corrected chi connectivity index (χ1v) is 4.93. The van der Waals surface area contributed by atoms with Crippen molar-refractivity contribution in [3.05, 3.63) is 40.6 Å². The van der Waals surface area contributed by atoms with Gasteiger partial charge in [0.25, 0.3) is 0 Å². The highest BCUT2D eigenvalue weighted by atomic mass is 14.8. The van der Waals surface area contributed by atoms with Gasteiger partial charge in [-0.15, -0.1) is 0 Å². The maximum absolute atomic E-state index is 8.61. The Morgan fingerprint density at radius 1 is 1.12 bits per heavy atom. The van der Waals surface area contributed by atoms with Crippen LogP contribution < -0.4 is 5.32 Å². The molecule has 0 fully saturated rings. The molecule has 3 heteroatoms. The molecule has 3 nitrogen and oxygen atoms in total. The number of rotatable bonds is 2. The molecule has 0 amide bonds. The third kappa shape index (κ3) is 2.62. The lowest BCUT2D eigenvalue weighted by atomic mass is 10.1. The Kier molecular flexibility index (Phi) is 3.69. The molecule has 1 N–H and O–H groups in total. The molecule has 0 aliphatic heterocycles. The molecule has 1 rings (SSSR count). The molecular weight excluding hydrogens is 198 g/mol. The van der Waals surface area contributed by atoms with E-state index in [4.69, 9.17) is 10.5 Å². The van der Waals surface area contributed by atoms with Crippen LogP contribution in [0.25, 0.3) is 0 Å². The summed E-state index contributed by atoms with van der Waals surface area (Å²) in [7, 11) is 0. The van der Waals surface area contributed by atoms with Crippen LogP contribution in [0.3, 0.4) is 0 Å². The first-order valence-electron chi connectivity index (χ1n) is 4.93. The zero-order chi connectivity index (χ0) is 12.1. The largest absolute Gasteiger partial charge is 0.359 e. The van der Waals surface area contributed by atoms with E-state index in [2.05, 4.69) is 17.4 Å². The van der Waals surface area contributed by atoms with Crippen LogP contribution >= 0.6 is 0 Å². The van der Waals surface area contributed by atoms with E-state index in [-0.39, 0.29) is 5.57 Å². The lowest BCUT2D eigenvalue weighted by Crippen LogP contribution is -1.96. The smallest absolute Gasteiger partial charge is 0.145 e. The van der Waals surface area contributed by atoms with Crippen molar-refractivity contribution in [2.75, 3.05) is 5.32 Å². The van der Waals surface area contributed by atoms with Gasteiger partial charge in [-0.3, -0.25) is 0 Å². The molecule has 1 aromatic carbocycles. The van der Waals surface area contributed by atoms with Crippen molar-refractivity contribution in [2.24, 2.45) is 0 Å². The van der Waals surface area contributed by atoms with Gasteiger partial charge in [0.15, 0.2) is 0 Å². The number of benzene rings is 1. The van der Waals surface area contributed by atoms with E-state index in [1.807, 2.05) is 32.9 Å². The van der Waals surface area contributed by atoms with E-state index in [0.29, 0.717) is 0 Å². The summed E-state index contributed by atoms with van der Waals surface area (Å²) in [5.74, 6) is 0. The molecule has 0 aliphatic carbocycles. The second-order valence-corrected chi connectivity index (χ2v) is 3.70. The van der Waals surface area contributed by atoms with Gasteiger partial charge in [0.05, 0.1) is 0 Å². The normalized spacial score (nSPS) is 8.81. The van der Waals surface area contributed by atoms with Crippen molar-refractivity contribution in [1.29, 1.82) is 10.5 Å². The Morgan fingerprint density at radius 3 is 2.06 bits per heavy atom. The standard InChI is InChI=1S/C13H13N3/c1-9-4-10(2)13(11(3)5-9)16-8-12(6-14)7-15/h4-5,8,16H,1-3H3. The zero-order valence-electron chi connectivity index (χ0n) is 9.63. The van der Waals surface area contributed by atoms with Crippen LogP contribution in [-0.2, 0) is 0 Å². The van der Waals surface area contributed by atoms with Crippen LogP contribution in [0, 0.1) is 43.4 Å². The number of hydrogen-bond acceptors (Lipinski definition) is 3. The molecular formula is C13H13N3. The molecule has 0 bridgehead atoms. The minimum atomic E-state index is 0.0689. The highest BCUT2D eigenvalue weighted by molar-refractivity contribution is 5.60. The average Bonchev–Trinajstić information content (AvgIpc) is 2.22. The lowest BCUT2D eigenvalue weighted by Gasteiger charge is -2.10. The number of allylic oxidation sites excluding steroid dienone is 1. The van der Waals surface area contributed by atoms with Gasteiger partial charge >= 0.3 is 0 Å². The number of nitriles is 2. The van der Waals surface area contributed by atoms with Gasteiger partial charge in [0.2, 0.25) is 0 Å². The van der Waals surface area contributed by atoms with Gasteiger partial charge in [0.1, 0.15) is 17.7 Å². The zero-order valence-corrected chi connectivity index (χ0v) is 9.63. The molecule has 0 aliphatic rings. The minimum absolute atomic E-state index is 0.0689. The number of nitrogens with one attached hydrogen (secondary N) is 1. The van der Waals surface area contributed by atoms with Gasteiger partial charge in [0, 0.05) is 11.9 Å². The first kappa shape index (κ1) is 11.8. The van der Waals surface area contributed by atoms with Crippen LogP contribution in [0.15, 0.2) is 23.9 Å². The number of hydrogen-bond donors (Lipinski definition) is 1. The van der Waals surface area contributed by atoms with E-state index in [9.17, 15) is 0 Å². The van der Waals surface area contributed by atoms with Gasteiger partial charge in [-0.1, -0.05) is 17.7 Å². The average molecular weight is 211 g/mol. The molecule has 80 valence electrons. The van der Waals surface area contributed by atoms with Crippen molar-refractivity contribution in [2.45, 2.75) is 20.8 Å². The molecule has 0 atom stereocenters. The van der Waals surface area contributed by atoms with Crippen LogP contribution in [0.2, 0.25) is 0 Å². The van der Waals surface area contributed by atoms with Crippen LogP contribution in [0.5, 0.6) is 0 Å². The maximum atomic E-state index is 8.61. The Morgan fingerprint density at radius 2 is 1.62 bits per heavy atom. The maximum Gasteiger partial charge on any atom is 0.145 e.